The second-order valence-corrected chi connectivity index (χ2v) is 6.59. The van der Waals surface area contributed by atoms with E-state index >= 15 is 0 Å². The minimum atomic E-state index is -0.224. The van der Waals surface area contributed by atoms with Gasteiger partial charge in [0.2, 0.25) is 0 Å². The molecule has 1 aromatic carbocycles. The summed E-state index contributed by atoms with van der Waals surface area (Å²) in [5.74, 6) is 1.91. The molecule has 1 fully saturated rings. The Labute approximate surface area is 121 Å². The molecule has 0 amide bonds. The van der Waals surface area contributed by atoms with Gasteiger partial charge in [0, 0.05) is 11.6 Å². The number of ether oxygens (including phenoxy) is 1. The van der Waals surface area contributed by atoms with Crippen LogP contribution in [0.2, 0.25) is 0 Å². The quantitative estimate of drug-likeness (QED) is 0.892. The molecule has 0 bridgehead atoms. The highest BCUT2D eigenvalue weighted by Crippen LogP contribution is 2.34. The standard InChI is InChI=1S/C17H26FNO/c1-10-5-11(2)7-14(6-10)20-17-8-12(3)16(18)9-15(17)13(4)19/h8-11,13-14H,5-7,19H2,1-4H3/t10?,11?,13-,14?/m0/s1. The van der Waals surface area contributed by atoms with Crippen LogP contribution in [-0.2, 0) is 0 Å². The van der Waals surface area contributed by atoms with E-state index < -0.39 is 0 Å². The third-order valence-corrected chi connectivity index (χ3v) is 4.21. The van der Waals surface area contributed by atoms with E-state index in [1.807, 2.05) is 6.92 Å². The van der Waals surface area contributed by atoms with Crippen LogP contribution in [0.3, 0.4) is 0 Å². The molecule has 2 nitrogen and oxygen atoms in total. The minimum Gasteiger partial charge on any atom is -0.490 e. The number of hydrogen-bond donors (Lipinski definition) is 1. The summed E-state index contributed by atoms with van der Waals surface area (Å²) < 4.78 is 19.9. The molecule has 2 unspecified atom stereocenters. The van der Waals surface area contributed by atoms with Crippen LogP contribution in [0.4, 0.5) is 4.39 Å². The number of rotatable bonds is 3. The topological polar surface area (TPSA) is 35.2 Å². The highest BCUT2D eigenvalue weighted by Gasteiger charge is 2.26. The maximum atomic E-state index is 13.7. The lowest BCUT2D eigenvalue weighted by Crippen LogP contribution is -2.29. The monoisotopic (exact) mass is 279 g/mol. The fraction of sp³-hybridized carbons (Fsp3) is 0.647. The average molecular weight is 279 g/mol. The summed E-state index contributed by atoms with van der Waals surface area (Å²) in [5, 5.41) is 0. The third-order valence-electron chi connectivity index (χ3n) is 4.21. The van der Waals surface area contributed by atoms with E-state index in [0.29, 0.717) is 17.4 Å². The van der Waals surface area contributed by atoms with Crippen molar-refractivity contribution in [2.24, 2.45) is 17.6 Å². The molecule has 0 spiro atoms. The Bertz CT molecular complexity index is 462. The molecule has 0 radical (unpaired) electrons. The van der Waals surface area contributed by atoms with Gasteiger partial charge in [-0.3, -0.25) is 0 Å². The lowest BCUT2D eigenvalue weighted by atomic mass is 9.82. The van der Waals surface area contributed by atoms with Crippen molar-refractivity contribution < 1.29 is 9.13 Å². The van der Waals surface area contributed by atoms with Gasteiger partial charge in [-0.05, 0) is 62.6 Å². The molecule has 1 saturated carbocycles. The number of halogens is 1. The number of nitrogens with two attached hydrogens (primary N) is 1. The van der Waals surface area contributed by atoms with Crippen molar-refractivity contribution >= 4 is 0 Å². The zero-order valence-electron chi connectivity index (χ0n) is 12.9. The molecule has 3 heteroatoms. The first-order valence-corrected chi connectivity index (χ1v) is 7.59. The summed E-state index contributed by atoms with van der Waals surface area (Å²) in [6, 6.07) is 3.08. The fourth-order valence-corrected chi connectivity index (χ4v) is 3.28. The van der Waals surface area contributed by atoms with Gasteiger partial charge in [0.25, 0.3) is 0 Å². The number of hydrogen-bond acceptors (Lipinski definition) is 2. The van der Waals surface area contributed by atoms with E-state index in [-0.39, 0.29) is 18.0 Å². The molecule has 3 atom stereocenters. The van der Waals surface area contributed by atoms with Gasteiger partial charge in [0.05, 0.1) is 6.10 Å². The Morgan fingerprint density at radius 1 is 1.20 bits per heavy atom. The summed E-state index contributed by atoms with van der Waals surface area (Å²) >= 11 is 0. The summed E-state index contributed by atoms with van der Waals surface area (Å²) in [7, 11) is 0. The Morgan fingerprint density at radius 2 is 1.80 bits per heavy atom. The van der Waals surface area contributed by atoms with Gasteiger partial charge < -0.3 is 10.5 Å². The smallest absolute Gasteiger partial charge is 0.126 e. The predicted molar refractivity (Wildman–Crippen MR) is 80.3 cm³/mol. The van der Waals surface area contributed by atoms with Gasteiger partial charge in [0.15, 0.2) is 0 Å². The largest absolute Gasteiger partial charge is 0.490 e. The van der Waals surface area contributed by atoms with Crippen LogP contribution in [0.15, 0.2) is 12.1 Å². The van der Waals surface area contributed by atoms with Crippen molar-refractivity contribution in [3.63, 3.8) is 0 Å². The van der Waals surface area contributed by atoms with Crippen LogP contribution in [0, 0.1) is 24.6 Å². The minimum absolute atomic E-state index is 0.213. The maximum absolute atomic E-state index is 13.7. The zero-order chi connectivity index (χ0) is 14.9. The first-order valence-electron chi connectivity index (χ1n) is 7.59. The lowest BCUT2D eigenvalue weighted by molar-refractivity contribution is 0.0996. The van der Waals surface area contributed by atoms with Gasteiger partial charge in [-0.1, -0.05) is 13.8 Å². The Hall–Kier alpha value is -1.09. The molecule has 2 rings (SSSR count). The van der Waals surface area contributed by atoms with Crippen LogP contribution in [0.1, 0.15) is 57.2 Å². The molecule has 1 aromatic rings. The van der Waals surface area contributed by atoms with Crippen LogP contribution >= 0.6 is 0 Å². The lowest BCUT2D eigenvalue weighted by Gasteiger charge is -2.32. The van der Waals surface area contributed by atoms with Gasteiger partial charge in [0.1, 0.15) is 11.6 Å². The zero-order valence-corrected chi connectivity index (χ0v) is 12.9. The molecule has 1 aliphatic rings. The van der Waals surface area contributed by atoms with E-state index in [9.17, 15) is 4.39 Å². The van der Waals surface area contributed by atoms with Gasteiger partial charge >= 0.3 is 0 Å². The van der Waals surface area contributed by atoms with Crippen LogP contribution in [-0.4, -0.2) is 6.10 Å². The van der Waals surface area contributed by atoms with Crippen molar-refractivity contribution in [2.75, 3.05) is 0 Å². The molecule has 2 N–H and O–H groups in total. The number of benzene rings is 1. The Balaban J connectivity index is 2.21. The summed E-state index contributed by atoms with van der Waals surface area (Å²) in [6.45, 7) is 8.17. The SMILES string of the molecule is Cc1cc(OC2CC(C)CC(C)C2)c([C@H](C)N)cc1F. The molecule has 20 heavy (non-hydrogen) atoms. The van der Waals surface area contributed by atoms with E-state index in [4.69, 9.17) is 10.5 Å². The van der Waals surface area contributed by atoms with E-state index in [1.54, 1.807) is 13.0 Å². The van der Waals surface area contributed by atoms with E-state index in [0.717, 1.165) is 24.2 Å². The molecule has 112 valence electrons. The highest BCUT2D eigenvalue weighted by atomic mass is 19.1. The van der Waals surface area contributed by atoms with Crippen molar-refractivity contribution in [3.8, 4) is 5.75 Å². The second-order valence-electron chi connectivity index (χ2n) is 6.59. The van der Waals surface area contributed by atoms with Gasteiger partial charge in [-0.15, -0.1) is 0 Å². The van der Waals surface area contributed by atoms with Crippen LogP contribution < -0.4 is 10.5 Å². The summed E-state index contributed by atoms with van der Waals surface area (Å²) in [6.07, 6.45) is 3.62. The highest BCUT2D eigenvalue weighted by molar-refractivity contribution is 5.40. The molecular weight excluding hydrogens is 253 g/mol. The van der Waals surface area contributed by atoms with Crippen molar-refractivity contribution in [3.05, 3.63) is 29.1 Å². The molecule has 1 aliphatic carbocycles. The summed E-state index contributed by atoms with van der Waals surface area (Å²) in [5.41, 5.74) is 7.32. The van der Waals surface area contributed by atoms with Gasteiger partial charge in [-0.25, -0.2) is 4.39 Å². The normalized spacial score (nSPS) is 28.2. The fourth-order valence-electron chi connectivity index (χ4n) is 3.28. The molecule has 0 heterocycles. The first kappa shape index (κ1) is 15.3. The van der Waals surface area contributed by atoms with Crippen molar-refractivity contribution in [2.45, 2.75) is 59.1 Å². The van der Waals surface area contributed by atoms with E-state index in [1.165, 1.54) is 12.5 Å². The van der Waals surface area contributed by atoms with Crippen LogP contribution in [0.25, 0.3) is 0 Å². The van der Waals surface area contributed by atoms with Gasteiger partial charge in [-0.2, -0.15) is 0 Å². The maximum Gasteiger partial charge on any atom is 0.126 e. The molecular formula is C17H26FNO. The third kappa shape index (κ3) is 3.51. The molecule has 0 aromatic heterocycles. The summed E-state index contributed by atoms with van der Waals surface area (Å²) in [4.78, 5) is 0. The van der Waals surface area contributed by atoms with Crippen molar-refractivity contribution in [1.29, 1.82) is 0 Å². The second kappa shape index (κ2) is 6.13. The predicted octanol–water partition coefficient (Wildman–Crippen LogP) is 4.36. The Kier molecular flexibility index (Phi) is 4.69. The van der Waals surface area contributed by atoms with E-state index in [2.05, 4.69) is 13.8 Å². The Morgan fingerprint density at radius 3 is 2.35 bits per heavy atom. The average Bonchev–Trinajstić information content (AvgIpc) is 2.31. The first-order chi connectivity index (χ1) is 9.36. The number of aryl methyl sites for hydroxylation is 1. The van der Waals surface area contributed by atoms with Crippen LogP contribution in [0.5, 0.6) is 5.75 Å². The molecule has 0 saturated heterocycles. The molecule has 0 aliphatic heterocycles. The van der Waals surface area contributed by atoms with Crippen molar-refractivity contribution in [1.82, 2.24) is 0 Å².